The summed E-state index contributed by atoms with van der Waals surface area (Å²) in [5, 5.41) is 0. The fraction of sp³-hybridized carbons (Fsp3) is 0.429. The summed E-state index contributed by atoms with van der Waals surface area (Å²) in [6.07, 6.45) is 1.93. The van der Waals surface area contributed by atoms with E-state index in [0.29, 0.717) is 42.3 Å². The van der Waals surface area contributed by atoms with Gasteiger partial charge >= 0.3 is 0 Å². The molecule has 1 saturated heterocycles. The number of hydrogen-bond donors (Lipinski definition) is 0. The van der Waals surface area contributed by atoms with E-state index in [-0.39, 0.29) is 23.7 Å². The molecule has 1 aromatic heterocycles. The minimum atomic E-state index is -0.215. The van der Waals surface area contributed by atoms with E-state index in [1.807, 2.05) is 11.8 Å². The van der Waals surface area contributed by atoms with Crippen molar-refractivity contribution in [3.05, 3.63) is 47.4 Å². The van der Waals surface area contributed by atoms with Crippen LogP contribution in [0.1, 0.15) is 45.9 Å². The summed E-state index contributed by atoms with van der Waals surface area (Å²) < 4.78 is 16.8. The Balaban J connectivity index is 1.48. The molecule has 1 amide bonds. The van der Waals surface area contributed by atoms with Crippen molar-refractivity contribution in [3.63, 3.8) is 0 Å². The minimum absolute atomic E-state index is 0.0604. The number of Topliss-reactive ketones (excluding diaryl/α,β-unsaturated/α-hetero) is 1. The van der Waals surface area contributed by atoms with E-state index >= 15 is 0 Å². The first-order valence-corrected chi connectivity index (χ1v) is 9.29. The molecule has 0 saturated carbocycles. The van der Waals surface area contributed by atoms with Crippen molar-refractivity contribution in [2.75, 3.05) is 20.2 Å². The zero-order valence-electron chi connectivity index (χ0n) is 15.6. The highest BCUT2D eigenvalue weighted by molar-refractivity contribution is 6.00. The lowest BCUT2D eigenvalue weighted by atomic mass is 9.86. The van der Waals surface area contributed by atoms with Gasteiger partial charge in [-0.25, -0.2) is 0 Å². The Hall–Kier alpha value is -2.76. The number of hydrogen-bond acceptors (Lipinski definition) is 5. The molecular weight excluding hydrogens is 346 g/mol. The quantitative estimate of drug-likeness (QED) is 0.828. The van der Waals surface area contributed by atoms with Gasteiger partial charge in [0.05, 0.1) is 12.7 Å². The molecule has 3 heterocycles. The second-order valence-corrected chi connectivity index (χ2v) is 7.21. The molecular formula is C21H23NO5. The average Bonchev–Trinajstić information content (AvgIpc) is 3.13. The highest BCUT2D eigenvalue weighted by Crippen LogP contribution is 2.35. The first kappa shape index (κ1) is 17.6. The second-order valence-electron chi connectivity index (χ2n) is 7.21. The van der Waals surface area contributed by atoms with Crippen LogP contribution >= 0.6 is 0 Å². The first-order chi connectivity index (χ1) is 13.0. The van der Waals surface area contributed by atoms with E-state index in [2.05, 4.69) is 0 Å². The standard InChI is InChI=1S/C21H23NO5/c1-13-5-7-19(26-13)21(24)22-9-3-4-14(12-22)20-11-17(23)16-10-15(25-2)6-8-18(16)27-20/h5-8,10,14,20H,3-4,9,11-12H2,1-2H3/t14-,20-/m0/s1. The van der Waals surface area contributed by atoms with Crippen molar-refractivity contribution in [2.24, 2.45) is 5.92 Å². The molecule has 2 aliphatic rings. The lowest BCUT2D eigenvalue weighted by Gasteiger charge is -2.38. The summed E-state index contributed by atoms with van der Waals surface area (Å²) in [7, 11) is 1.58. The van der Waals surface area contributed by atoms with Crippen LogP contribution in [0.5, 0.6) is 11.5 Å². The zero-order valence-corrected chi connectivity index (χ0v) is 15.6. The molecule has 0 unspecified atom stereocenters. The Morgan fingerprint density at radius 3 is 2.85 bits per heavy atom. The number of fused-ring (bicyclic) bond motifs is 1. The summed E-state index contributed by atoms with van der Waals surface area (Å²) in [5.74, 6) is 2.42. The van der Waals surface area contributed by atoms with Gasteiger partial charge in [-0.15, -0.1) is 0 Å². The van der Waals surface area contributed by atoms with Crippen LogP contribution in [0.3, 0.4) is 0 Å². The van der Waals surface area contributed by atoms with Gasteiger partial charge in [0.15, 0.2) is 11.5 Å². The smallest absolute Gasteiger partial charge is 0.289 e. The molecule has 4 rings (SSSR count). The number of methoxy groups -OCH3 is 1. The second kappa shape index (κ2) is 7.10. The molecule has 2 aliphatic heterocycles. The van der Waals surface area contributed by atoms with Gasteiger partial charge in [-0.1, -0.05) is 0 Å². The largest absolute Gasteiger partial charge is 0.497 e. The third-order valence-electron chi connectivity index (χ3n) is 5.37. The van der Waals surface area contributed by atoms with Gasteiger partial charge < -0.3 is 18.8 Å². The summed E-state index contributed by atoms with van der Waals surface area (Å²) in [4.78, 5) is 27.1. The van der Waals surface area contributed by atoms with E-state index in [9.17, 15) is 9.59 Å². The van der Waals surface area contributed by atoms with Crippen molar-refractivity contribution in [1.29, 1.82) is 0 Å². The van der Waals surface area contributed by atoms with Gasteiger partial charge in [0.1, 0.15) is 23.4 Å². The normalized spacial score (nSPS) is 22.1. The molecule has 6 nitrogen and oxygen atoms in total. The number of amides is 1. The van der Waals surface area contributed by atoms with Crippen LogP contribution in [0.15, 0.2) is 34.7 Å². The molecule has 0 bridgehead atoms. The lowest BCUT2D eigenvalue weighted by Crippen LogP contribution is -2.46. The van der Waals surface area contributed by atoms with Crippen LogP contribution < -0.4 is 9.47 Å². The molecule has 6 heteroatoms. The van der Waals surface area contributed by atoms with Crippen LogP contribution in [0.4, 0.5) is 0 Å². The number of rotatable bonds is 3. The topological polar surface area (TPSA) is 69.0 Å². The van der Waals surface area contributed by atoms with Gasteiger partial charge in [0.25, 0.3) is 5.91 Å². The highest BCUT2D eigenvalue weighted by atomic mass is 16.5. The third kappa shape index (κ3) is 3.44. The zero-order chi connectivity index (χ0) is 19.0. The number of aryl methyl sites for hydroxylation is 1. The molecule has 0 N–H and O–H groups in total. The van der Waals surface area contributed by atoms with Crippen LogP contribution in [0.2, 0.25) is 0 Å². The predicted octanol–water partition coefficient (Wildman–Crippen LogP) is 3.48. The number of likely N-dealkylation sites (tertiary alicyclic amines) is 1. The Labute approximate surface area is 158 Å². The van der Waals surface area contributed by atoms with Crippen molar-refractivity contribution in [2.45, 2.75) is 32.3 Å². The van der Waals surface area contributed by atoms with E-state index < -0.39 is 0 Å². The van der Waals surface area contributed by atoms with E-state index in [1.54, 1.807) is 37.4 Å². The summed E-state index contributed by atoms with van der Waals surface area (Å²) in [5.41, 5.74) is 0.570. The Morgan fingerprint density at radius 1 is 1.26 bits per heavy atom. The SMILES string of the molecule is COc1ccc2c(c1)C(=O)C[C@@H]([C@H]1CCCN(C(=O)c3ccc(C)o3)C1)O2. The van der Waals surface area contributed by atoms with Gasteiger partial charge in [0, 0.05) is 25.4 Å². The fourth-order valence-electron chi connectivity index (χ4n) is 3.92. The first-order valence-electron chi connectivity index (χ1n) is 9.29. The molecule has 1 fully saturated rings. The predicted molar refractivity (Wildman–Crippen MR) is 98.4 cm³/mol. The monoisotopic (exact) mass is 369 g/mol. The van der Waals surface area contributed by atoms with Gasteiger partial charge in [-0.2, -0.15) is 0 Å². The van der Waals surface area contributed by atoms with Crippen LogP contribution in [-0.4, -0.2) is 42.9 Å². The van der Waals surface area contributed by atoms with Crippen molar-refractivity contribution >= 4 is 11.7 Å². The maximum Gasteiger partial charge on any atom is 0.289 e. The van der Waals surface area contributed by atoms with E-state index in [1.165, 1.54) is 0 Å². The summed E-state index contributed by atoms with van der Waals surface area (Å²) >= 11 is 0. The Kier molecular flexibility index (Phi) is 4.64. The van der Waals surface area contributed by atoms with Crippen LogP contribution in [0.25, 0.3) is 0 Å². The molecule has 27 heavy (non-hydrogen) atoms. The summed E-state index contributed by atoms with van der Waals surface area (Å²) in [6.45, 7) is 3.09. The minimum Gasteiger partial charge on any atom is -0.497 e. The molecule has 2 aromatic rings. The van der Waals surface area contributed by atoms with Crippen molar-refractivity contribution < 1.29 is 23.5 Å². The van der Waals surface area contributed by atoms with Crippen molar-refractivity contribution in [1.82, 2.24) is 4.90 Å². The number of ether oxygens (including phenoxy) is 2. The number of piperidine rings is 1. The number of benzene rings is 1. The average molecular weight is 369 g/mol. The van der Waals surface area contributed by atoms with E-state index in [4.69, 9.17) is 13.9 Å². The molecule has 2 atom stereocenters. The molecule has 1 aromatic carbocycles. The Bertz CT molecular complexity index is 871. The van der Waals surface area contributed by atoms with E-state index in [0.717, 1.165) is 18.6 Å². The van der Waals surface area contributed by atoms with Crippen LogP contribution in [-0.2, 0) is 0 Å². The number of carbonyl (C=O) groups is 2. The molecule has 0 spiro atoms. The maximum absolute atomic E-state index is 12.7. The number of nitrogens with zero attached hydrogens (tertiary/aromatic N) is 1. The van der Waals surface area contributed by atoms with Gasteiger partial charge in [-0.3, -0.25) is 9.59 Å². The number of furan rings is 1. The third-order valence-corrected chi connectivity index (χ3v) is 5.37. The molecule has 0 radical (unpaired) electrons. The van der Waals surface area contributed by atoms with Crippen LogP contribution in [0, 0.1) is 12.8 Å². The lowest BCUT2D eigenvalue weighted by molar-refractivity contribution is 0.0390. The summed E-state index contributed by atoms with van der Waals surface area (Å²) in [6, 6.07) is 8.82. The highest BCUT2D eigenvalue weighted by Gasteiger charge is 2.36. The maximum atomic E-state index is 12.7. The number of carbonyl (C=O) groups excluding carboxylic acids is 2. The number of ketones is 1. The van der Waals surface area contributed by atoms with Gasteiger partial charge in [0.2, 0.25) is 0 Å². The fourth-order valence-corrected chi connectivity index (χ4v) is 3.92. The molecule has 142 valence electrons. The Morgan fingerprint density at radius 2 is 2.11 bits per heavy atom. The van der Waals surface area contributed by atoms with Gasteiger partial charge in [-0.05, 0) is 50.1 Å². The molecule has 0 aliphatic carbocycles. The van der Waals surface area contributed by atoms with Crippen molar-refractivity contribution in [3.8, 4) is 11.5 Å².